The molecule has 0 spiro atoms. The van der Waals surface area contributed by atoms with Gasteiger partial charge in [0.25, 0.3) is 0 Å². The number of nitrogens with two attached hydrogens (primary N) is 1. The number of halogens is 1. The first-order chi connectivity index (χ1) is 11.7. The third-order valence-corrected chi connectivity index (χ3v) is 4.15. The molecule has 0 atom stereocenters. The molecular weight excluding hydrogens is 326 g/mol. The second-order valence-electron chi connectivity index (χ2n) is 5.28. The minimum atomic E-state index is 0.362. The van der Waals surface area contributed by atoms with Gasteiger partial charge in [0.15, 0.2) is 22.8 Å². The minimum Gasteiger partial charge on any atom is -0.382 e. The van der Waals surface area contributed by atoms with Crippen LogP contribution in [0.2, 0.25) is 5.02 Å². The van der Waals surface area contributed by atoms with Crippen LogP contribution in [-0.2, 0) is 6.54 Å². The highest BCUT2D eigenvalue weighted by atomic mass is 35.5. The van der Waals surface area contributed by atoms with Gasteiger partial charge in [-0.2, -0.15) is 5.10 Å². The third-order valence-electron chi connectivity index (χ3n) is 3.89. The Hall–Kier alpha value is -2.93. The maximum Gasteiger partial charge on any atom is 0.165 e. The zero-order valence-electron chi connectivity index (χ0n) is 12.9. The molecule has 0 unspecified atom stereocenters. The SMILES string of the molecule is CCn1c(-c2[nH]ncc2-c2ccc(Cl)cc2)nc2c(N)ncnc21. The number of rotatable bonds is 3. The van der Waals surface area contributed by atoms with E-state index in [1.54, 1.807) is 6.20 Å². The second kappa shape index (κ2) is 5.61. The highest BCUT2D eigenvalue weighted by Gasteiger charge is 2.19. The van der Waals surface area contributed by atoms with Crippen molar-refractivity contribution in [3.8, 4) is 22.6 Å². The molecule has 0 aliphatic carbocycles. The molecule has 120 valence electrons. The summed E-state index contributed by atoms with van der Waals surface area (Å²) >= 11 is 5.98. The Labute approximate surface area is 142 Å². The van der Waals surface area contributed by atoms with E-state index in [1.807, 2.05) is 35.8 Å². The van der Waals surface area contributed by atoms with Crippen LogP contribution in [-0.4, -0.2) is 29.7 Å². The number of H-pyrrole nitrogens is 1. The van der Waals surface area contributed by atoms with Gasteiger partial charge in [0.2, 0.25) is 0 Å². The molecule has 1 aromatic carbocycles. The Morgan fingerprint density at radius 1 is 1.21 bits per heavy atom. The molecule has 0 saturated carbocycles. The lowest BCUT2D eigenvalue weighted by Crippen LogP contribution is -2.00. The van der Waals surface area contributed by atoms with E-state index in [1.165, 1.54) is 6.33 Å². The lowest BCUT2D eigenvalue weighted by Gasteiger charge is -2.06. The van der Waals surface area contributed by atoms with E-state index in [4.69, 9.17) is 17.3 Å². The predicted octanol–water partition coefficient (Wildman–Crippen LogP) is 3.14. The number of aromatic amines is 1. The maximum absolute atomic E-state index is 5.98. The van der Waals surface area contributed by atoms with Crippen molar-refractivity contribution in [2.45, 2.75) is 13.5 Å². The summed E-state index contributed by atoms with van der Waals surface area (Å²) in [5.74, 6) is 1.09. The van der Waals surface area contributed by atoms with Crippen molar-refractivity contribution in [2.24, 2.45) is 0 Å². The van der Waals surface area contributed by atoms with Gasteiger partial charge >= 0.3 is 0 Å². The molecule has 7 nitrogen and oxygen atoms in total. The Balaban J connectivity index is 1.95. The molecule has 3 N–H and O–H groups in total. The number of nitrogens with one attached hydrogen (secondary N) is 1. The van der Waals surface area contributed by atoms with Crippen LogP contribution >= 0.6 is 11.6 Å². The van der Waals surface area contributed by atoms with Gasteiger partial charge in [-0.3, -0.25) is 5.10 Å². The first-order valence-corrected chi connectivity index (χ1v) is 7.83. The van der Waals surface area contributed by atoms with Crippen molar-refractivity contribution in [2.75, 3.05) is 5.73 Å². The fourth-order valence-electron chi connectivity index (χ4n) is 2.75. The Bertz CT molecular complexity index is 1020. The van der Waals surface area contributed by atoms with E-state index < -0.39 is 0 Å². The maximum atomic E-state index is 5.98. The molecular formula is C16H14ClN7. The number of hydrogen-bond donors (Lipinski definition) is 2. The number of anilines is 1. The molecule has 4 aromatic rings. The summed E-state index contributed by atoms with van der Waals surface area (Å²) < 4.78 is 1.99. The summed E-state index contributed by atoms with van der Waals surface area (Å²) in [6.45, 7) is 2.72. The molecule has 0 aliphatic heterocycles. The summed E-state index contributed by atoms with van der Waals surface area (Å²) in [6.07, 6.45) is 3.22. The number of nitrogen functional groups attached to an aromatic ring is 1. The van der Waals surface area contributed by atoms with Gasteiger partial charge < -0.3 is 10.3 Å². The normalized spacial score (nSPS) is 11.2. The Morgan fingerprint density at radius 3 is 2.75 bits per heavy atom. The van der Waals surface area contributed by atoms with Gasteiger partial charge in [-0.25, -0.2) is 15.0 Å². The highest BCUT2D eigenvalue weighted by Crippen LogP contribution is 2.32. The average molecular weight is 340 g/mol. The fourth-order valence-corrected chi connectivity index (χ4v) is 2.88. The molecule has 4 rings (SSSR count). The van der Waals surface area contributed by atoms with Crippen LogP contribution in [0, 0.1) is 0 Å². The smallest absolute Gasteiger partial charge is 0.165 e. The van der Waals surface area contributed by atoms with E-state index in [0.717, 1.165) is 22.6 Å². The predicted molar refractivity (Wildman–Crippen MR) is 93.4 cm³/mol. The number of imidazole rings is 1. The zero-order valence-corrected chi connectivity index (χ0v) is 13.6. The van der Waals surface area contributed by atoms with Crippen LogP contribution in [0.25, 0.3) is 33.8 Å². The van der Waals surface area contributed by atoms with E-state index in [2.05, 4.69) is 25.1 Å². The topological polar surface area (TPSA) is 98.3 Å². The molecule has 0 radical (unpaired) electrons. The fraction of sp³-hybridized carbons (Fsp3) is 0.125. The van der Waals surface area contributed by atoms with Crippen molar-refractivity contribution in [1.82, 2.24) is 29.7 Å². The quantitative estimate of drug-likeness (QED) is 0.597. The molecule has 0 bridgehead atoms. The van der Waals surface area contributed by atoms with Gasteiger partial charge in [-0.05, 0) is 24.6 Å². The van der Waals surface area contributed by atoms with Crippen LogP contribution in [0.3, 0.4) is 0 Å². The Kier molecular flexibility index (Phi) is 3.42. The zero-order chi connectivity index (χ0) is 16.7. The monoisotopic (exact) mass is 339 g/mol. The van der Waals surface area contributed by atoms with Gasteiger partial charge in [-0.1, -0.05) is 23.7 Å². The molecule has 8 heteroatoms. The number of nitrogens with zero attached hydrogens (tertiary/aromatic N) is 5. The lowest BCUT2D eigenvalue weighted by atomic mass is 10.1. The van der Waals surface area contributed by atoms with E-state index in [-0.39, 0.29) is 0 Å². The van der Waals surface area contributed by atoms with E-state index in [9.17, 15) is 0 Å². The number of hydrogen-bond acceptors (Lipinski definition) is 5. The number of aryl methyl sites for hydroxylation is 1. The first kappa shape index (κ1) is 14.6. The molecule has 3 heterocycles. The highest BCUT2D eigenvalue weighted by molar-refractivity contribution is 6.30. The van der Waals surface area contributed by atoms with Crippen molar-refractivity contribution < 1.29 is 0 Å². The van der Waals surface area contributed by atoms with Gasteiger partial charge in [-0.15, -0.1) is 0 Å². The van der Waals surface area contributed by atoms with Crippen LogP contribution in [0.5, 0.6) is 0 Å². The third kappa shape index (κ3) is 2.21. The van der Waals surface area contributed by atoms with E-state index >= 15 is 0 Å². The minimum absolute atomic E-state index is 0.362. The van der Waals surface area contributed by atoms with Crippen LogP contribution in [0.15, 0.2) is 36.8 Å². The van der Waals surface area contributed by atoms with Crippen LogP contribution in [0.4, 0.5) is 5.82 Å². The second-order valence-corrected chi connectivity index (χ2v) is 5.71. The van der Waals surface area contributed by atoms with Gasteiger partial charge in [0.05, 0.1) is 6.20 Å². The molecule has 24 heavy (non-hydrogen) atoms. The molecule has 3 aromatic heterocycles. The summed E-state index contributed by atoms with van der Waals surface area (Å²) in [4.78, 5) is 13.0. The Morgan fingerprint density at radius 2 is 2.00 bits per heavy atom. The summed E-state index contributed by atoms with van der Waals surface area (Å²) in [5, 5.41) is 7.91. The largest absolute Gasteiger partial charge is 0.382 e. The average Bonchev–Trinajstić information content (AvgIpc) is 3.20. The molecule has 0 saturated heterocycles. The first-order valence-electron chi connectivity index (χ1n) is 7.45. The lowest BCUT2D eigenvalue weighted by molar-refractivity contribution is 0.783. The number of aromatic nitrogens is 6. The van der Waals surface area contributed by atoms with Crippen molar-refractivity contribution in [1.29, 1.82) is 0 Å². The van der Waals surface area contributed by atoms with Gasteiger partial charge in [0, 0.05) is 17.1 Å². The summed E-state index contributed by atoms with van der Waals surface area (Å²) in [5.41, 5.74) is 9.97. The number of benzene rings is 1. The molecule has 0 fully saturated rings. The van der Waals surface area contributed by atoms with Crippen LogP contribution in [0.1, 0.15) is 6.92 Å². The van der Waals surface area contributed by atoms with Crippen molar-refractivity contribution in [3.05, 3.63) is 41.8 Å². The standard InChI is InChI=1S/C16H14ClN7/c1-2-24-15-13(14(18)19-8-20-15)22-16(24)12-11(7-21-23-12)9-3-5-10(17)6-4-9/h3-8H,2H2,1H3,(H,21,23)(H2,18,19,20). The molecule has 0 aliphatic rings. The van der Waals surface area contributed by atoms with E-state index in [0.29, 0.717) is 28.5 Å². The summed E-state index contributed by atoms with van der Waals surface area (Å²) in [7, 11) is 0. The van der Waals surface area contributed by atoms with Crippen molar-refractivity contribution >= 4 is 28.6 Å². The van der Waals surface area contributed by atoms with Crippen molar-refractivity contribution in [3.63, 3.8) is 0 Å². The number of fused-ring (bicyclic) bond motifs is 1. The molecule has 0 amide bonds. The van der Waals surface area contributed by atoms with Crippen LogP contribution < -0.4 is 5.73 Å². The van der Waals surface area contributed by atoms with Gasteiger partial charge in [0.1, 0.15) is 12.0 Å². The summed E-state index contributed by atoms with van der Waals surface area (Å²) in [6, 6.07) is 7.59.